The Morgan fingerprint density at radius 1 is 1.04 bits per heavy atom. The minimum Gasteiger partial charge on any atom is -0.443 e. The smallest absolute Gasteiger partial charge is 0.420 e. The second-order valence-electron chi connectivity index (χ2n) is 8.35. The van der Waals surface area contributed by atoms with E-state index in [1.807, 2.05) is 6.92 Å². The maximum absolute atomic E-state index is 12.6. The highest BCUT2D eigenvalue weighted by Crippen LogP contribution is 2.16. The van der Waals surface area contributed by atoms with Crippen LogP contribution in [-0.4, -0.2) is 43.4 Å². The average Bonchev–Trinajstić information content (AvgIpc) is 2.59. The van der Waals surface area contributed by atoms with Gasteiger partial charge in [-0.25, -0.2) is 14.5 Å². The van der Waals surface area contributed by atoms with Crippen molar-refractivity contribution in [2.75, 3.05) is 0 Å². The molecule has 0 atom stereocenters. The summed E-state index contributed by atoms with van der Waals surface area (Å²) >= 11 is 0. The van der Waals surface area contributed by atoms with Gasteiger partial charge in [-0.1, -0.05) is 6.07 Å². The molecule has 2 N–H and O–H groups in total. The van der Waals surface area contributed by atoms with Crippen molar-refractivity contribution >= 4 is 12.2 Å². The summed E-state index contributed by atoms with van der Waals surface area (Å²) in [4.78, 5) is 33.3. The summed E-state index contributed by atoms with van der Waals surface area (Å²) < 4.78 is 10.7. The van der Waals surface area contributed by atoms with E-state index in [0.717, 1.165) is 10.6 Å². The number of aromatic nitrogens is 2. The first-order valence-corrected chi connectivity index (χ1v) is 9.02. The molecular formula is C20H31N3O5. The van der Waals surface area contributed by atoms with Crippen LogP contribution in [0.4, 0.5) is 9.59 Å². The monoisotopic (exact) mass is 393 g/mol. The van der Waals surface area contributed by atoms with Crippen molar-refractivity contribution in [3.05, 3.63) is 41.5 Å². The van der Waals surface area contributed by atoms with Crippen LogP contribution in [0.25, 0.3) is 0 Å². The predicted octanol–water partition coefficient (Wildman–Crippen LogP) is 4.01. The van der Waals surface area contributed by atoms with Gasteiger partial charge < -0.3 is 19.6 Å². The van der Waals surface area contributed by atoms with Crippen molar-refractivity contribution in [2.24, 2.45) is 0 Å². The maximum atomic E-state index is 12.6. The summed E-state index contributed by atoms with van der Waals surface area (Å²) in [6, 6.07) is 3.49. The fraction of sp³-hybridized carbons (Fsp3) is 0.550. The van der Waals surface area contributed by atoms with Crippen LogP contribution in [0.3, 0.4) is 0 Å². The lowest BCUT2D eigenvalue weighted by Crippen LogP contribution is -2.43. The first kappa shape index (κ1) is 23.4. The molecule has 0 unspecified atom stereocenters. The van der Waals surface area contributed by atoms with E-state index in [9.17, 15) is 14.7 Å². The molecule has 0 aliphatic heterocycles. The molecule has 0 aromatic carbocycles. The van der Waals surface area contributed by atoms with Crippen molar-refractivity contribution < 1.29 is 24.2 Å². The van der Waals surface area contributed by atoms with Gasteiger partial charge in [-0.05, 0) is 60.1 Å². The molecule has 0 spiro atoms. The first-order valence-electron chi connectivity index (χ1n) is 9.02. The number of nitrogens with one attached hydrogen (secondary N) is 1. The molecule has 0 fully saturated rings. The zero-order chi connectivity index (χ0) is 21.5. The summed E-state index contributed by atoms with van der Waals surface area (Å²) in [5.41, 5.74) is 0.303. The summed E-state index contributed by atoms with van der Waals surface area (Å²) in [6.07, 6.45) is 1.35. The minimum atomic E-state index is -0.816. The first-order chi connectivity index (χ1) is 12.8. The van der Waals surface area contributed by atoms with Crippen LogP contribution >= 0.6 is 0 Å². The number of hydrogen-bond acceptors (Lipinski definition) is 6. The molecule has 156 valence electrons. The number of hydrogen-bond donors (Lipinski definition) is 2. The maximum Gasteiger partial charge on any atom is 0.420 e. The van der Waals surface area contributed by atoms with Gasteiger partial charge in [-0.3, -0.25) is 4.98 Å². The molecular weight excluding hydrogens is 362 g/mol. The second kappa shape index (κ2) is 9.54. The molecule has 1 rings (SSSR count). The normalized spacial score (nSPS) is 11.4. The Labute approximate surface area is 166 Å². The van der Waals surface area contributed by atoms with Gasteiger partial charge >= 0.3 is 12.2 Å². The van der Waals surface area contributed by atoms with Crippen LogP contribution in [0.15, 0.2) is 24.5 Å². The van der Waals surface area contributed by atoms with E-state index in [0.29, 0.717) is 11.3 Å². The van der Waals surface area contributed by atoms with Gasteiger partial charge in [-0.2, -0.15) is 0 Å². The standard InChI is InChI=1S/C20H31N3O5/c1-14-8-9-15(13-24)10-21-11-16(22-14)12-23(17(25)27-19(2,3)4)18(26)28-20(5,6)7/h8-11,22,24H,12-13H2,1-7H3. The Hall–Kier alpha value is -2.61. The number of amides is 2. The Balaban J connectivity index is 3.28. The quantitative estimate of drug-likeness (QED) is 0.804. The molecule has 1 aromatic heterocycles. The van der Waals surface area contributed by atoms with Crippen LogP contribution in [0.5, 0.6) is 0 Å². The summed E-state index contributed by atoms with van der Waals surface area (Å²) in [5.74, 6) is 0. The Bertz CT molecular complexity index is 715. The predicted molar refractivity (Wildman–Crippen MR) is 105 cm³/mol. The number of imide groups is 1. The van der Waals surface area contributed by atoms with Crippen molar-refractivity contribution in [3.8, 4) is 0 Å². The van der Waals surface area contributed by atoms with Gasteiger partial charge in [0.2, 0.25) is 0 Å². The number of carbonyl (C=O) groups excluding carboxylic acids is 2. The molecule has 0 aliphatic rings. The lowest BCUT2D eigenvalue weighted by Gasteiger charge is -2.28. The number of H-pyrrole nitrogens is 1. The van der Waals surface area contributed by atoms with Gasteiger partial charge in [-0.15, -0.1) is 0 Å². The van der Waals surface area contributed by atoms with Gasteiger partial charge in [0.05, 0.1) is 18.8 Å². The number of aliphatic hydroxyl groups is 1. The molecule has 0 bridgehead atoms. The SMILES string of the molecule is Cc1ccc(CO)cncc(CN(C(=O)OC(C)(C)C)C(=O)OC(C)(C)C)[nH]1. The number of ether oxygens (including phenoxy) is 2. The molecule has 1 heterocycles. The Kier molecular flexibility index (Phi) is 7.99. The van der Waals surface area contributed by atoms with E-state index in [4.69, 9.17) is 9.47 Å². The second-order valence-corrected chi connectivity index (χ2v) is 8.35. The number of aliphatic hydroxyl groups excluding tert-OH is 1. The summed E-state index contributed by atoms with van der Waals surface area (Å²) in [5, 5.41) is 9.30. The average molecular weight is 393 g/mol. The van der Waals surface area contributed by atoms with E-state index in [2.05, 4.69) is 9.97 Å². The van der Waals surface area contributed by atoms with E-state index in [1.54, 1.807) is 53.7 Å². The summed E-state index contributed by atoms with van der Waals surface area (Å²) in [7, 11) is 0. The van der Waals surface area contributed by atoms with E-state index in [1.165, 1.54) is 12.4 Å². The fourth-order valence-corrected chi connectivity index (χ4v) is 2.01. The van der Waals surface area contributed by atoms with Crippen LogP contribution in [-0.2, 0) is 22.6 Å². The summed E-state index contributed by atoms with van der Waals surface area (Å²) in [6.45, 7) is 11.8. The third-order valence-corrected chi connectivity index (χ3v) is 3.11. The molecule has 1 aromatic rings. The Morgan fingerprint density at radius 3 is 2.04 bits per heavy atom. The highest BCUT2D eigenvalue weighted by atomic mass is 16.6. The van der Waals surface area contributed by atoms with Gasteiger partial charge in [0.25, 0.3) is 0 Å². The van der Waals surface area contributed by atoms with Crippen LogP contribution < -0.4 is 0 Å². The van der Waals surface area contributed by atoms with Crippen LogP contribution in [0.1, 0.15) is 58.5 Å². The zero-order valence-electron chi connectivity index (χ0n) is 17.7. The van der Waals surface area contributed by atoms with E-state index < -0.39 is 23.4 Å². The largest absolute Gasteiger partial charge is 0.443 e. The number of aromatic amines is 1. The van der Waals surface area contributed by atoms with E-state index >= 15 is 0 Å². The molecule has 8 heteroatoms. The van der Waals surface area contributed by atoms with Gasteiger partial charge in [0, 0.05) is 18.1 Å². The highest BCUT2D eigenvalue weighted by molar-refractivity contribution is 5.88. The third-order valence-electron chi connectivity index (χ3n) is 3.11. The van der Waals surface area contributed by atoms with Gasteiger partial charge in [0.15, 0.2) is 0 Å². The minimum absolute atomic E-state index is 0.124. The lowest BCUT2D eigenvalue weighted by atomic mass is 10.2. The van der Waals surface area contributed by atoms with Gasteiger partial charge in [0.1, 0.15) is 11.2 Å². The number of carbonyl (C=O) groups is 2. The van der Waals surface area contributed by atoms with E-state index in [-0.39, 0.29) is 13.2 Å². The molecule has 0 aliphatic carbocycles. The zero-order valence-corrected chi connectivity index (χ0v) is 17.7. The van der Waals surface area contributed by atoms with Crippen molar-refractivity contribution in [2.45, 2.75) is 72.8 Å². The molecule has 28 heavy (non-hydrogen) atoms. The number of nitrogens with zero attached hydrogens (tertiary/aromatic N) is 2. The third kappa shape index (κ3) is 8.85. The topological polar surface area (TPSA) is 105 Å². The highest BCUT2D eigenvalue weighted by Gasteiger charge is 2.31. The number of rotatable bonds is 3. The number of aryl methyl sites for hydroxylation is 1. The van der Waals surface area contributed by atoms with Crippen molar-refractivity contribution in [3.63, 3.8) is 0 Å². The van der Waals surface area contributed by atoms with Crippen LogP contribution in [0, 0.1) is 6.92 Å². The lowest BCUT2D eigenvalue weighted by molar-refractivity contribution is -0.000497. The molecule has 8 nitrogen and oxygen atoms in total. The molecule has 0 saturated heterocycles. The van der Waals surface area contributed by atoms with Crippen molar-refractivity contribution in [1.29, 1.82) is 0 Å². The van der Waals surface area contributed by atoms with Crippen LogP contribution in [0.2, 0.25) is 0 Å². The van der Waals surface area contributed by atoms with Crippen molar-refractivity contribution in [1.82, 2.24) is 14.9 Å². The molecule has 2 amide bonds. The molecule has 0 radical (unpaired) electrons. The fourth-order valence-electron chi connectivity index (χ4n) is 2.01. The Morgan fingerprint density at radius 2 is 1.57 bits per heavy atom. The molecule has 0 saturated carbocycles.